The number of aryl methyl sites for hydroxylation is 1. The van der Waals surface area contributed by atoms with Crippen LogP contribution in [-0.4, -0.2) is 31.2 Å². The fraction of sp³-hybridized carbons (Fsp3) is 0.217. The van der Waals surface area contributed by atoms with E-state index in [9.17, 15) is 9.59 Å². The lowest BCUT2D eigenvalue weighted by Crippen LogP contribution is -2.15. The van der Waals surface area contributed by atoms with Crippen molar-refractivity contribution in [3.63, 3.8) is 0 Å². The van der Waals surface area contributed by atoms with Gasteiger partial charge in [-0.3, -0.25) is 14.2 Å². The van der Waals surface area contributed by atoms with Gasteiger partial charge in [-0.2, -0.15) is 0 Å². The topological polar surface area (TPSA) is 92.7 Å². The summed E-state index contributed by atoms with van der Waals surface area (Å²) in [5.41, 5.74) is 4.97. The second kappa shape index (κ2) is 7.94. The van der Waals surface area contributed by atoms with E-state index in [1.54, 1.807) is 18.6 Å². The summed E-state index contributed by atoms with van der Waals surface area (Å²) in [4.78, 5) is 36.9. The second-order valence-electron chi connectivity index (χ2n) is 7.25. The highest BCUT2D eigenvalue weighted by molar-refractivity contribution is 6.07. The average molecular weight is 401 g/mol. The predicted molar refractivity (Wildman–Crippen MR) is 116 cm³/mol. The van der Waals surface area contributed by atoms with Crippen LogP contribution in [0.15, 0.2) is 48.9 Å². The molecule has 0 saturated carbocycles. The smallest absolute Gasteiger partial charge is 0.272 e. The van der Waals surface area contributed by atoms with Crippen LogP contribution in [0.1, 0.15) is 52.4 Å². The highest BCUT2D eigenvalue weighted by Gasteiger charge is 2.22. The van der Waals surface area contributed by atoms with E-state index in [1.165, 1.54) is 6.92 Å². The number of carbonyl (C=O) groups excluding carboxylic acids is 2. The Morgan fingerprint density at radius 3 is 2.63 bits per heavy atom. The summed E-state index contributed by atoms with van der Waals surface area (Å²) >= 11 is 0. The number of hydrogen-bond donors (Lipinski definition) is 2. The zero-order valence-electron chi connectivity index (χ0n) is 17.2. The monoisotopic (exact) mass is 401 g/mol. The molecule has 0 aliphatic heterocycles. The lowest BCUT2D eigenvalue weighted by molar-refractivity contribution is 0.101. The molecule has 0 radical (unpaired) electrons. The van der Waals surface area contributed by atoms with Gasteiger partial charge in [0.2, 0.25) is 0 Å². The number of imidazole rings is 1. The van der Waals surface area contributed by atoms with Crippen molar-refractivity contribution in [2.24, 2.45) is 0 Å². The van der Waals surface area contributed by atoms with E-state index in [1.807, 2.05) is 48.7 Å². The molecule has 4 aromatic rings. The molecule has 3 aromatic heterocycles. The average Bonchev–Trinajstić information content (AvgIpc) is 3.30. The highest BCUT2D eigenvalue weighted by atomic mass is 16.2. The van der Waals surface area contributed by atoms with Crippen molar-refractivity contribution < 1.29 is 9.59 Å². The van der Waals surface area contributed by atoms with Gasteiger partial charge < -0.3 is 10.3 Å². The summed E-state index contributed by atoms with van der Waals surface area (Å²) in [5, 5.41) is 2.88. The first-order valence-corrected chi connectivity index (χ1v) is 9.91. The number of aromatic nitrogens is 4. The van der Waals surface area contributed by atoms with Crippen LogP contribution >= 0.6 is 0 Å². The first-order chi connectivity index (χ1) is 14.5. The van der Waals surface area contributed by atoms with Crippen LogP contribution in [0.5, 0.6) is 0 Å². The van der Waals surface area contributed by atoms with Crippen molar-refractivity contribution in [2.75, 3.05) is 5.32 Å². The normalized spacial score (nSPS) is 11.0. The number of H-pyrrole nitrogens is 1. The summed E-state index contributed by atoms with van der Waals surface area (Å²) in [6.07, 6.45) is 4.84. The number of benzene rings is 1. The van der Waals surface area contributed by atoms with Crippen molar-refractivity contribution in [1.29, 1.82) is 0 Å². The van der Waals surface area contributed by atoms with Gasteiger partial charge in [-0.25, -0.2) is 9.97 Å². The Morgan fingerprint density at radius 2 is 1.93 bits per heavy atom. The first-order valence-electron chi connectivity index (χ1n) is 9.91. The number of rotatable bonds is 6. The molecule has 0 unspecified atom stereocenters. The molecule has 4 rings (SSSR count). The maximum absolute atomic E-state index is 12.9. The van der Waals surface area contributed by atoms with Gasteiger partial charge in [0.05, 0.1) is 22.9 Å². The van der Waals surface area contributed by atoms with E-state index < -0.39 is 0 Å². The number of amides is 1. The lowest BCUT2D eigenvalue weighted by Gasteiger charge is -2.08. The summed E-state index contributed by atoms with van der Waals surface area (Å²) in [6, 6.07) is 11.5. The molecule has 0 aliphatic rings. The number of para-hydroxylation sites is 2. The zero-order chi connectivity index (χ0) is 21.3. The molecule has 0 aliphatic carbocycles. The maximum atomic E-state index is 12.9. The summed E-state index contributed by atoms with van der Waals surface area (Å²) < 4.78 is 1.90. The molecule has 0 atom stereocenters. The number of carbonyl (C=O) groups is 2. The Labute approximate surface area is 174 Å². The predicted octanol–water partition coefficient (Wildman–Crippen LogP) is 4.46. The second-order valence-corrected chi connectivity index (χ2v) is 7.25. The van der Waals surface area contributed by atoms with Crippen LogP contribution in [0.25, 0.3) is 16.9 Å². The van der Waals surface area contributed by atoms with E-state index in [-0.39, 0.29) is 11.7 Å². The summed E-state index contributed by atoms with van der Waals surface area (Å²) in [6.45, 7) is 5.37. The minimum Gasteiger partial charge on any atom is -0.354 e. The van der Waals surface area contributed by atoms with E-state index in [0.29, 0.717) is 29.2 Å². The molecule has 0 saturated heterocycles. The van der Waals surface area contributed by atoms with E-state index >= 15 is 0 Å². The molecule has 0 bridgehead atoms. The Bertz CT molecular complexity index is 1230. The van der Waals surface area contributed by atoms with Crippen LogP contribution in [0.4, 0.5) is 5.69 Å². The van der Waals surface area contributed by atoms with Crippen molar-refractivity contribution in [2.45, 2.75) is 33.6 Å². The Kier molecular flexibility index (Phi) is 5.18. The third-order valence-corrected chi connectivity index (χ3v) is 5.08. The molecule has 3 heterocycles. The third-order valence-electron chi connectivity index (χ3n) is 5.08. The molecule has 30 heavy (non-hydrogen) atoms. The van der Waals surface area contributed by atoms with Gasteiger partial charge >= 0.3 is 0 Å². The van der Waals surface area contributed by atoms with Crippen molar-refractivity contribution >= 4 is 28.4 Å². The van der Waals surface area contributed by atoms with Gasteiger partial charge in [0.1, 0.15) is 17.8 Å². The molecule has 7 heteroatoms. The number of nitrogens with one attached hydrogen (secondary N) is 2. The Balaban J connectivity index is 1.59. The highest BCUT2D eigenvalue weighted by Crippen LogP contribution is 2.23. The van der Waals surface area contributed by atoms with Crippen molar-refractivity contribution in [1.82, 2.24) is 19.5 Å². The standard InChI is InChI=1S/C23H23N5O2/c1-4-7-17-21(15(3)29)14(2)26-22(17)23(30)27-16-10-11-20(24-12-16)28-13-25-18-8-5-6-9-19(18)28/h5-6,8-13,26H,4,7H2,1-3H3,(H,27,30). The fourth-order valence-electron chi connectivity index (χ4n) is 3.78. The molecule has 0 fully saturated rings. The minimum atomic E-state index is -0.281. The molecule has 2 N–H and O–H groups in total. The van der Waals surface area contributed by atoms with Gasteiger partial charge in [0.25, 0.3) is 5.91 Å². The van der Waals surface area contributed by atoms with Gasteiger partial charge in [0.15, 0.2) is 5.78 Å². The summed E-state index contributed by atoms with van der Waals surface area (Å²) in [5.74, 6) is 0.393. The van der Waals surface area contributed by atoms with Crippen LogP contribution < -0.4 is 5.32 Å². The molecule has 7 nitrogen and oxygen atoms in total. The lowest BCUT2D eigenvalue weighted by atomic mass is 10.0. The number of Topliss-reactive ketones (excluding diaryl/α,β-unsaturated/α-hetero) is 1. The van der Waals surface area contributed by atoms with Crippen LogP contribution in [-0.2, 0) is 6.42 Å². The number of fused-ring (bicyclic) bond motifs is 1. The number of pyridine rings is 1. The third kappa shape index (κ3) is 3.50. The van der Waals surface area contributed by atoms with Gasteiger partial charge in [-0.05, 0) is 50.1 Å². The molecular weight excluding hydrogens is 378 g/mol. The van der Waals surface area contributed by atoms with E-state index in [4.69, 9.17) is 0 Å². The molecular formula is C23H23N5O2. The minimum absolute atomic E-state index is 0.0372. The largest absolute Gasteiger partial charge is 0.354 e. The first kappa shape index (κ1) is 19.6. The number of aromatic amines is 1. The Hall–Kier alpha value is -3.74. The number of nitrogens with zero attached hydrogens (tertiary/aromatic N) is 3. The fourth-order valence-corrected chi connectivity index (χ4v) is 3.78. The van der Waals surface area contributed by atoms with E-state index in [2.05, 4.69) is 20.3 Å². The SMILES string of the molecule is CCCc1c(C(=O)Nc2ccc(-n3cnc4ccccc43)nc2)[nH]c(C)c1C(C)=O. The van der Waals surface area contributed by atoms with Crippen LogP contribution in [0, 0.1) is 6.92 Å². The van der Waals surface area contributed by atoms with Crippen molar-refractivity contribution in [3.05, 3.63) is 71.4 Å². The maximum Gasteiger partial charge on any atom is 0.272 e. The Morgan fingerprint density at radius 1 is 1.13 bits per heavy atom. The molecule has 152 valence electrons. The summed E-state index contributed by atoms with van der Waals surface area (Å²) in [7, 11) is 0. The van der Waals surface area contributed by atoms with Crippen LogP contribution in [0.3, 0.4) is 0 Å². The molecule has 1 amide bonds. The quantitative estimate of drug-likeness (QED) is 0.466. The van der Waals surface area contributed by atoms with E-state index in [0.717, 1.165) is 28.7 Å². The van der Waals surface area contributed by atoms with Gasteiger partial charge in [0, 0.05) is 11.3 Å². The number of hydrogen-bond acceptors (Lipinski definition) is 4. The van der Waals surface area contributed by atoms with Crippen LogP contribution in [0.2, 0.25) is 0 Å². The molecule has 0 spiro atoms. The van der Waals surface area contributed by atoms with Gasteiger partial charge in [-0.15, -0.1) is 0 Å². The van der Waals surface area contributed by atoms with Crippen molar-refractivity contribution in [3.8, 4) is 5.82 Å². The number of anilines is 1. The number of ketones is 1. The molecule has 1 aromatic carbocycles. The van der Waals surface area contributed by atoms with Gasteiger partial charge in [-0.1, -0.05) is 25.5 Å². The zero-order valence-corrected chi connectivity index (χ0v) is 17.2.